The van der Waals surface area contributed by atoms with E-state index in [-0.39, 0.29) is 5.91 Å². The number of nitrogens with zero attached hydrogens (tertiary/aromatic N) is 1. The smallest absolute Gasteiger partial charge is 0.257 e. The lowest BCUT2D eigenvalue weighted by molar-refractivity contribution is -0.118. The average molecular weight is 265 g/mol. The molecule has 1 aromatic carbocycles. The molecule has 0 aliphatic rings. The molecule has 2 rings (SSSR count). The van der Waals surface area contributed by atoms with Gasteiger partial charge in [-0.25, -0.2) is 4.98 Å². The molecule has 0 atom stereocenters. The van der Waals surface area contributed by atoms with E-state index < -0.39 is 0 Å². The molecule has 0 fully saturated rings. The van der Waals surface area contributed by atoms with Gasteiger partial charge in [-0.1, -0.05) is 18.7 Å². The Balaban J connectivity index is 1.97. The van der Waals surface area contributed by atoms with Crippen LogP contribution in [0.5, 0.6) is 0 Å². The van der Waals surface area contributed by atoms with Gasteiger partial charge in [0.1, 0.15) is 5.52 Å². The van der Waals surface area contributed by atoms with E-state index in [2.05, 4.69) is 10.3 Å². The van der Waals surface area contributed by atoms with Gasteiger partial charge in [0.05, 0.1) is 5.75 Å². The van der Waals surface area contributed by atoms with Crippen molar-refractivity contribution in [1.29, 1.82) is 0 Å². The Morgan fingerprint density at radius 3 is 3.17 bits per heavy atom. The molecule has 0 bridgehead atoms. The molecule has 1 aromatic heterocycles. The van der Waals surface area contributed by atoms with E-state index in [1.54, 1.807) is 18.2 Å². The molecule has 0 saturated carbocycles. The molecule has 5 nitrogen and oxygen atoms in total. The van der Waals surface area contributed by atoms with Crippen molar-refractivity contribution in [3.05, 3.63) is 18.2 Å². The summed E-state index contributed by atoms with van der Waals surface area (Å²) < 4.78 is 5.49. The molecule has 2 aromatic rings. The Labute approximate surface area is 109 Å². The summed E-state index contributed by atoms with van der Waals surface area (Å²) in [5.74, 6) is 0.297. The van der Waals surface area contributed by atoms with E-state index in [0.29, 0.717) is 34.3 Å². The van der Waals surface area contributed by atoms with Gasteiger partial charge in [-0.05, 0) is 24.6 Å². The van der Waals surface area contributed by atoms with Gasteiger partial charge in [-0.3, -0.25) is 4.79 Å². The van der Waals surface area contributed by atoms with Gasteiger partial charge in [-0.2, -0.15) is 0 Å². The minimum Gasteiger partial charge on any atom is -0.431 e. The molecule has 0 spiro atoms. The van der Waals surface area contributed by atoms with Gasteiger partial charge in [-0.15, -0.1) is 0 Å². The van der Waals surface area contributed by atoms with E-state index in [1.807, 2.05) is 6.92 Å². The summed E-state index contributed by atoms with van der Waals surface area (Å²) in [6, 6.07) is 5.29. The van der Waals surface area contributed by atoms with Crippen LogP contribution in [0.4, 0.5) is 5.69 Å². The second kappa shape index (κ2) is 5.77. The molecule has 96 valence electrons. The average Bonchev–Trinajstić information content (AvgIpc) is 2.75. The molecule has 0 aliphatic heterocycles. The summed E-state index contributed by atoms with van der Waals surface area (Å²) in [5.41, 5.74) is 7.70. The third-order valence-corrected chi connectivity index (χ3v) is 3.12. The van der Waals surface area contributed by atoms with Crippen molar-refractivity contribution in [3.8, 4) is 0 Å². The largest absolute Gasteiger partial charge is 0.431 e. The van der Waals surface area contributed by atoms with Crippen molar-refractivity contribution in [2.75, 3.05) is 18.0 Å². The standard InChI is InChI=1S/C12H15N3O2S/c1-2-5-14-11(16)7-18-12-15-9-6-8(13)3-4-10(9)17-12/h3-4,6H,2,5,7,13H2,1H3,(H,14,16). The second-order valence-electron chi connectivity index (χ2n) is 3.85. The number of anilines is 1. The van der Waals surface area contributed by atoms with Gasteiger partial charge in [0.25, 0.3) is 5.22 Å². The topological polar surface area (TPSA) is 81.2 Å². The summed E-state index contributed by atoms with van der Waals surface area (Å²) in [6.45, 7) is 2.71. The summed E-state index contributed by atoms with van der Waals surface area (Å²) >= 11 is 1.28. The van der Waals surface area contributed by atoms with Gasteiger partial charge in [0, 0.05) is 12.2 Å². The Kier molecular flexibility index (Phi) is 4.09. The van der Waals surface area contributed by atoms with Gasteiger partial charge in [0.2, 0.25) is 5.91 Å². The monoisotopic (exact) mass is 265 g/mol. The molecular weight excluding hydrogens is 250 g/mol. The lowest BCUT2D eigenvalue weighted by Gasteiger charge is -2.00. The molecule has 0 unspecified atom stereocenters. The first-order valence-electron chi connectivity index (χ1n) is 5.74. The van der Waals surface area contributed by atoms with Crippen LogP contribution >= 0.6 is 11.8 Å². The van der Waals surface area contributed by atoms with Gasteiger partial charge < -0.3 is 15.5 Å². The predicted molar refractivity (Wildman–Crippen MR) is 72.4 cm³/mol. The quantitative estimate of drug-likeness (QED) is 0.638. The van der Waals surface area contributed by atoms with Crippen LogP contribution in [0.25, 0.3) is 11.1 Å². The fraction of sp³-hybridized carbons (Fsp3) is 0.333. The highest BCUT2D eigenvalue weighted by molar-refractivity contribution is 7.99. The van der Waals surface area contributed by atoms with Gasteiger partial charge in [0.15, 0.2) is 5.58 Å². The SMILES string of the molecule is CCCNC(=O)CSc1nc2cc(N)ccc2o1. The Hall–Kier alpha value is -1.69. The van der Waals surface area contributed by atoms with Crippen molar-refractivity contribution in [3.63, 3.8) is 0 Å². The number of nitrogens with two attached hydrogens (primary N) is 1. The normalized spacial score (nSPS) is 10.7. The lowest BCUT2D eigenvalue weighted by Crippen LogP contribution is -2.25. The fourth-order valence-electron chi connectivity index (χ4n) is 1.43. The molecule has 1 heterocycles. The van der Waals surface area contributed by atoms with Gasteiger partial charge >= 0.3 is 0 Å². The first kappa shape index (κ1) is 12.8. The molecule has 0 aliphatic carbocycles. The van der Waals surface area contributed by atoms with Crippen LogP contribution < -0.4 is 11.1 Å². The molecule has 0 radical (unpaired) electrons. The predicted octanol–water partition coefficient (Wildman–Crippen LogP) is 2.03. The van der Waals surface area contributed by atoms with Crippen LogP contribution in [-0.2, 0) is 4.79 Å². The minimum absolute atomic E-state index is 0.0105. The number of hydrogen-bond acceptors (Lipinski definition) is 5. The van der Waals surface area contributed by atoms with Crippen LogP contribution in [0.2, 0.25) is 0 Å². The summed E-state index contributed by atoms with van der Waals surface area (Å²) in [6.07, 6.45) is 0.929. The number of amides is 1. The van der Waals surface area contributed by atoms with E-state index in [4.69, 9.17) is 10.2 Å². The molecular formula is C12H15N3O2S. The number of carbonyl (C=O) groups excluding carboxylic acids is 1. The Bertz CT molecular complexity index is 553. The number of rotatable bonds is 5. The van der Waals surface area contributed by atoms with Crippen LogP contribution in [0, 0.1) is 0 Å². The number of fused-ring (bicyclic) bond motifs is 1. The number of oxazole rings is 1. The van der Waals surface area contributed by atoms with Crippen LogP contribution in [0.1, 0.15) is 13.3 Å². The summed E-state index contributed by atoms with van der Waals surface area (Å²) in [7, 11) is 0. The van der Waals surface area contributed by atoms with Crippen molar-refractivity contribution >= 4 is 34.5 Å². The number of nitrogen functional groups attached to an aromatic ring is 1. The number of carbonyl (C=O) groups is 1. The van der Waals surface area contributed by atoms with Crippen molar-refractivity contribution in [2.45, 2.75) is 18.6 Å². The zero-order valence-corrected chi connectivity index (χ0v) is 10.9. The summed E-state index contributed by atoms with van der Waals surface area (Å²) in [4.78, 5) is 15.7. The Morgan fingerprint density at radius 1 is 1.56 bits per heavy atom. The molecule has 1 amide bonds. The molecule has 0 saturated heterocycles. The number of aromatic nitrogens is 1. The van der Waals surface area contributed by atoms with E-state index in [0.717, 1.165) is 6.42 Å². The zero-order valence-electron chi connectivity index (χ0n) is 10.1. The van der Waals surface area contributed by atoms with Crippen molar-refractivity contribution in [2.24, 2.45) is 0 Å². The first-order valence-corrected chi connectivity index (χ1v) is 6.73. The van der Waals surface area contributed by atoms with Crippen LogP contribution in [-0.4, -0.2) is 23.2 Å². The number of hydrogen-bond donors (Lipinski definition) is 2. The van der Waals surface area contributed by atoms with E-state index in [1.165, 1.54) is 11.8 Å². The highest BCUT2D eigenvalue weighted by Gasteiger charge is 2.09. The third kappa shape index (κ3) is 3.16. The number of benzene rings is 1. The van der Waals surface area contributed by atoms with E-state index in [9.17, 15) is 4.79 Å². The third-order valence-electron chi connectivity index (χ3n) is 2.29. The maximum atomic E-state index is 11.4. The Morgan fingerprint density at radius 2 is 2.39 bits per heavy atom. The first-order chi connectivity index (χ1) is 8.69. The summed E-state index contributed by atoms with van der Waals surface area (Å²) in [5, 5.41) is 3.28. The van der Waals surface area contributed by atoms with Crippen molar-refractivity contribution in [1.82, 2.24) is 10.3 Å². The van der Waals surface area contributed by atoms with Crippen molar-refractivity contribution < 1.29 is 9.21 Å². The number of thioether (sulfide) groups is 1. The maximum Gasteiger partial charge on any atom is 0.257 e. The van der Waals surface area contributed by atoms with Crippen LogP contribution in [0.3, 0.4) is 0 Å². The maximum absolute atomic E-state index is 11.4. The van der Waals surface area contributed by atoms with E-state index >= 15 is 0 Å². The molecule has 3 N–H and O–H groups in total. The van der Waals surface area contributed by atoms with Crippen LogP contribution in [0.15, 0.2) is 27.8 Å². The number of nitrogens with one attached hydrogen (secondary N) is 1. The highest BCUT2D eigenvalue weighted by atomic mass is 32.2. The lowest BCUT2D eigenvalue weighted by atomic mass is 10.3. The highest BCUT2D eigenvalue weighted by Crippen LogP contribution is 2.24. The molecule has 6 heteroatoms. The zero-order chi connectivity index (χ0) is 13.0. The second-order valence-corrected chi connectivity index (χ2v) is 4.77. The molecule has 18 heavy (non-hydrogen) atoms. The minimum atomic E-state index is -0.0105. The fourth-order valence-corrected chi connectivity index (χ4v) is 2.10.